The van der Waals surface area contributed by atoms with Crippen LogP contribution in [0.2, 0.25) is 0 Å². The Morgan fingerprint density at radius 3 is 2.45 bits per heavy atom. The van der Waals surface area contributed by atoms with Crippen molar-refractivity contribution in [2.75, 3.05) is 11.4 Å². The van der Waals surface area contributed by atoms with Crippen molar-refractivity contribution in [3.05, 3.63) is 99.1 Å². The predicted molar refractivity (Wildman–Crippen MR) is 136 cm³/mol. The highest BCUT2D eigenvalue weighted by Crippen LogP contribution is 2.36. The van der Waals surface area contributed by atoms with Crippen molar-refractivity contribution in [3.8, 4) is 5.75 Å². The molecule has 10 nitrogen and oxygen atoms in total. The third-order valence-corrected chi connectivity index (χ3v) is 6.96. The number of hydrogen-bond acceptors (Lipinski definition) is 7. The average Bonchev–Trinajstić information content (AvgIpc) is 3.41. The largest absolute Gasteiger partial charge is 0.426 e. The fourth-order valence-corrected chi connectivity index (χ4v) is 4.96. The first-order chi connectivity index (χ1) is 18.2. The predicted octanol–water partition coefficient (Wildman–Crippen LogP) is 4.22. The molecule has 192 valence electrons. The second-order valence-corrected chi connectivity index (χ2v) is 9.31. The maximum absolute atomic E-state index is 13.0. The summed E-state index contributed by atoms with van der Waals surface area (Å²) in [6, 6.07) is 17.7. The van der Waals surface area contributed by atoms with Gasteiger partial charge in [0.15, 0.2) is 0 Å². The van der Waals surface area contributed by atoms with Gasteiger partial charge in [-0.3, -0.25) is 29.3 Å². The van der Waals surface area contributed by atoms with E-state index >= 15 is 0 Å². The van der Waals surface area contributed by atoms with Crippen LogP contribution in [-0.2, 0) is 9.59 Å². The van der Waals surface area contributed by atoms with Crippen LogP contribution in [0.15, 0.2) is 66.7 Å². The zero-order valence-corrected chi connectivity index (χ0v) is 20.6. The topological polar surface area (TPSA) is 127 Å². The van der Waals surface area contributed by atoms with E-state index < -0.39 is 34.3 Å². The first-order valence-electron chi connectivity index (χ1n) is 12.0. The lowest BCUT2D eigenvalue weighted by atomic mass is 10.1. The number of amides is 3. The van der Waals surface area contributed by atoms with Gasteiger partial charge in [0.25, 0.3) is 17.5 Å². The van der Waals surface area contributed by atoms with Gasteiger partial charge < -0.3 is 9.64 Å². The van der Waals surface area contributed by atoms with E-state index in [1.165, 1.54) is 36.4 Å². The molecule has 0 saturated carbocycles. The lowest BCUT2D eigenvalue weighted by Crippen LogP contribution is -2.30. The van der Waals surface area contributed by atoms with Crippen LogP contribution in [0.3, 0.4) is 0 Å². The number of fused-ring (bicyclic) bond motifs is 1. The third-order valence-electron chi connectivity index (χ3n) is 6.96. The van der Waals surface area contributed by atoms with Crippen LogP contribution >= 0.6 is 0 Å². The number of ether oxygens (including phenoxy) is 1. The summed E-state index contributed by atoms with van der Waals surface area (Å²) < 4.78 is 5.55. The van der Waals surface area contributed by atoms with Crippen LogP contribution in [-0.4, -0.2) is 40.1 Å². The molecule has 1 fully saturated rings. The Bertz CT molecular complexity index is 1500. The molecule has 0 aliphatic carbocycles. The molecule has 10 heteroatoms. The molecule has 5 rings (SSSR count). The highest BCUT2D eigenvalue weighted by atomic mass is 16.6. The van der Waals surface area contributed by atoms with Crippen LogP contribution in [0.25, 0.3) is 0 Å². The number of benzene rings is 3. The van der Waals surface area contributed by atoms with Gasteiger partial charge in [0.1, 0.15) is 11.3 Å². The van der Waals surface area contributed by atoms with Crippen molar-refractivity contribution in [3.63, 3.8) is 0 Å². The summed E-state index contributed by atoms with van der Waals surface area (Å²) in [7, 11) is 0. The smallest absolute Gasteiger partial charge is 0.316 e. The molecule has 3 aromatic rings. The standard InChI is InChI=1S/C28H23N3O7/c1-16-13-20(38-28(35)19-14-24(32)29(15-19)17(2)18-7-4-3-5-8-18)11-12-22(16)30-26(33)21-9-6-10-23(31(36)37)25(21)27(30)34/h3-13,17,19H,14-15H2,1-2H3/t17-,19-/m0/s1. The maximum atomic E-state index is 13.0. The number of nitro benzene ring substituents is 1. The Labute approximate surface area is 217 Å². The van der Waals surface area contributed by atoms with E-state index in [1.807, 2.05) is 37.3 Å². The second kappa shape index (κ2) is 9.55. The number of esters is 1. The lowest BCUT2D eigenvalue weighted by Gasteiger charge is -2.25. The van der Waals surface area contributed by atoms with Crippen LogP contribution in [0.5, 0.6) is 5.75 Å². The summed E-state index contributed by atoms with van der Waals surface area (Å²) in [6.07, 6.45) is 0.0426. The molecule has 3 aromatic carbocycles. The Hall–Kier alpha value is -4.86. The number of aryl methyl sites for hydroxylation is 1. The lowest BCUT2D eigenvalue weighted by molar-refractivity contribution is -0.385. The molecule has 0 radical (unpaired) electrons. The number of rotatable bonds is 6. The van der Waals surface area contributed by atoms with E-state index in [2.05, 4.69) is 0 Å². The van der Waals surface area contributed by atoms with Gasteiger partial charge in [0.2, 0.25) is 5.91 Å². The number of imide groups is 1. The van der Waals surface area contributed by atoms with Crippen LogP contribution in [0, 0.1) is 23.0 Å². The van der Waals surface area contributed by atoms with Crippen molar-refractivity contribution >= 4 is 35.1 Å². The minimum atomic E-state index is -0.790. The van der Waals surface area contributed by atoms with Gasteiger partial charge in [-0.2, -0.15) is 0 Å². The molecule has 0 unspecified atom stereocenters. The van der Waals surface area contributed by atoms with Gasteiger partial charge in [0, 0.05) is 19.0 Å². The van der Waals surface area contributed by atoms with E-state index in [-0.39, 0.29) is 47.5 Å². The molecule has 0 aromatic heterocycles. The first kappa shape index (κ1) is 24.8. The molecule has 0 bridgehead atoms. The molecule has 0 N–H and O–H groups in total. The van der Waals surface area contributed by atoms with Gasteiger partial charge >= 0.3 is 5.97 Å². The molecule has 2 atom stereocenters. The zero-order chi connectivity index (χ0) is 27.1. The van der Waals surface area contributed by atoms with Crippen LogP contribution in [0.4, 0.5) is 11.4 Å². The van der Waals surface area contributed by atoms with Gasteiger partial charge in [-0.15, -0.1) is 0 Å². The van der Waals surface area contributed by atoms with E-state index in [4.69, 9.17) is 4.74 Å². The summed E-state index contributed by atoms with van der Waals surface area (Å²) in [6.45, 7) is 3.78. The summed E-state index contributed by atoms with van der Waals surface area (Å²) in [5.74, 6) is -2.58. The molecule has 0 spiro atoms. The summed E-state index contributed by atoms with van der Waals surface area (Å²) in [5.41, 5.74) is 0.920. The summed E-state index contributed by atoms with van der Waals surface area (Å²) in [5, 5.41) is 11.4. The van der Waals surface area contributed by atoms with E-state index in [1.54, 1.807) is 11.8 Å². The quantitative estimate of drug-likeness (QED) is 0.159. The molecule has 2 aliphatic heterocycles. The van der Waals surface area contributed by atoms with Crippen molar-refractivity contribution in [2.45, 2.75) is 26.3 Å². The van der Waals surface area contributed by atoms with E-state index in [0.717, 1.165) is 10.5 Å². The number of likely N-dealkylation sites (tertiary alicyclic amines) is 1. The highest BCUT2D eigenvalue weighted by Gasteiger charge is 2.42. The fourth-order valence-electron chi connectivity index (χ4n) is 4.96. The molecule has 3 amide bonds. The molecular formula is C28H23N3O7. The number of hydrogen-bond donors (Lipinski definition) is 0. The van der Waals surface area contributed by atoms with E-state index in [9.17, 15) is 29.3 Å². The van der Waals surface area contributed by atoms with Gasteiger partial charge in [-0.05, 0) is 49.2 Å². The van der Waals surface area contributed by atoms with Crippen molar-refractivity contribution in [1.29, 1.82) is 0 Å². The Morgan fingerprint density at radius 2 is 1.76 bits per heavy atom. The van der Waals surface area contributed by atoms with Crippen molar-refractivity contribution < 1.29 is 28.8 Å². The molecule has 38 heavy (non-hydrogen) atoms. The summed E-state index contributed by atoms with van der Waals surface area (Å²) in [4.78, 5) is 64.7. The van der Waals surface area contributed by atoms with Crippen molar-refractivity contribution in [1.82, 2.24) is 4.90 Å². The maximum Gasteiger partial charge on any atom is 0.316 e. The first-order valence-corrected chi connectivity index (χ1v) is 12.0. The molecular weight excluding hydrogens is 490 g/mol. The van der Waals surface area contributed by atoms with Crippen LogP contribution < -0.4 is 9.64 Å². The average molecular weight is 514 g/mol. The minimum absolute atomic E-state index is 0.0423. The Kier molecular flexibility index (Phi) is 6.23. The normalized spacial score (nSPS) is 17.5. The number of anilines is 1. The minimum Gasteiger partial charge on any atom is -0.426 e. The summed E-state index contributed by atoms with van der Waals surface area (Å²) >= 11 is 0. The number of carbonyl (C=O) groups is 4. The van der Waals surface area contributed by atoms with Gasteiger partial charge in [0.05, 0.1) is 28.1 Å². The van der Waals surface area contributed by atoms with E-state index in [0.29, 0.717) is 5.56 Å². The molecule has 1 saturated heterocycles. The molecule has 2 aliphatic rings. The molecule has 2 heterocycles. The fraction of sp³-hybridized carbons (Fsp3) is 0.214. The number of carbonyl (C=O) groups excluding carboxylic acids is 4. The van der Waals surface area contributed by atoms with Crippen LogP contribution in [0.1, 0.15) is 51.2 Å². The SMILES string of the molecule is Cc1cc(OC(=O)[C@H]2CC(=O)N([C@@H](C)c3ccccc3)C2)ccc1N1C(=O)c2cccc([N+](=O)[O-])c2C1=O. The number of nitro groups is 1. The van der Waals surface area contributed by atoms with Gasteiger partial charge in [-0.25, -0.2) is 4.90 Å². The zero-order valence-electron chi connectivity index (χ0n) is 20.6. The monoisotopic (exact) mass is 513 g/mol. The Morgan fingerprint density at radius 1 is 1.03 bits per heavy atom. The van der Waals surface area contributed by atoms with Crippen molar-refractivity contribution in [2.24, 2.45) is 5.92 Å². The highest BCUT2D eigenvalue weighted by molar-refractivity contribution is 6.35. The third kappa shape index (κ3) is 4.19. The second-order valence-electron chi connectivity index (χ2n) is 9.31. The Balaban J connectivity index is 1.31. The number of nitrogens with zero attached hydrogens (tertiary/aromatic N) is 3. The van der Waals surface area contributed by atoms with Gasteiger partial charge in [-0.1, -0.05) is 36.4 Å².